The zero-order valence-electron chi connectivity index (χ0n) is 20.0. The number of alkyl halides is 2. The molecule has 2 aromatic rings. The Morgan fingerprint density at radius 3 is 2.59 bits per heavy atom. The molecule has 0 aliphatic carbocycles. The second-order valence-corrected chi connectivity index (χ2v) is 9.18. The van der Waals surface area contributed by atoms with E-state index in [1.54, 1.807) is 24.3 Å². The van der Waals surface area contributed by atoms with Crippen LogP contribution in [-0.4, -0.2) is 43.9 Å². The van der Waals surface area contributed by atoms with Gasteiger partial charge in [0, 0.05) is 26.6 Å². The average molecular weight is 473 g/mol. The average Bonchev–Trinajstić information content (AvgIpc) is 3.21. The molecule has 7 heteroatoms. The largest absolute Gasteiger partial charge is 0.490 e. The Kier molecular flexibility index (Phi) is 9.12. The maximum Gasteiger partial charge on any atom is 0.278 e. The van der Waals surface area contributed by atoms with Gasteiger partial charge in [-0.2, -0.15) is 5.26 Å². The SMILES string of the molecule is C[C@@H](CCCOc1ccccc1OCC(C)(F)F)Cc1cc(C#N)c2c(c1)CCN2CCCO. The Bertz CT molecular complexity index is 985. The van der Waals surface area contributed by atoms with Gasteiger partial charge >= 0.3 is 0 Å². The maximum absolute atomic E-state index is 13.1. The van der Waals surface area contributed by atoms with Crippen LogP contribution in [0.4, 0.5) is 14.5 Å². The van der Waals surface area contributed by atoms with Crippen molar-refractivity contribution in [3.05, 3.63) is 53.1 Å². The number of fused-ring (bicyclic) bond motifs is 1. The summed E-state index contributed by atoms with van der Waals surface area (Å²) in [7, 11) is 0. The molecule has 0 amide bonds. The first-order valence-corrected chi connectivity index (χ1v) is 11.9. The predicted molar refractivity (Wildman–Crippen MR) is 129 cm³/mol. The van der Waals surface area contributed by atoms with Gasteiger partial charge in [-0.05, 0) is 67.3 Å². The first-order chi connectivity index (χ1) is 16.3. The van der Waals surface area contributed by atoms with E-state index in [0.29, 0.717) is 36.0 Å². The van der Waals surface area contributed by atoms with Crippen LogP contribution in [0.3, 0.4) is 0 Å². The summed E-state index contributed by atoms with van der Waals surface area (Å²) in [5.41, 5.74) is 4.14. The maximum atomic E-state index is 13.1. The van der Waals surface area contributed by atoms with Gasteiger partial charge in [0.25, 0.3) is 5.92 Å². The van der Waals surface area contributed by atoms with Gasteiger partial charge in [0.15, 0.2) is 18.1 Å². The van der Waals surface area contributed by atoms with E-state index in [2.05, 4.69) is 24.0 Å². The number of aliphatic hydroxyl groups is 1. The van der Waals surface area contributed by atoms with Crippen molar-refractivity contribution in [3.8, 4) is 17.6 Å². The molecule has 184 valence electrons. The van der Waals surface area contributed by atoms with Crippen LogP contribution in [0, 0.1) is 17.2 Å². The lowest BCUT2D eigenvalue weighted by Gasteiger charge is -2.21. The Morgan fingerprint density at radius 1 is 1.18 bits per heavy atom. The van der Waals surface area contributed by atoms with Crippen molar-refractivity contribution in [2.75, 3.05) is 37.8 Å². The predicted octanol–water partition coefficient (Wildman–Crippen LogP) is 5.37. The number of ether oxygens (including phenoxy) is 2. The quantitative estimate of drug-likeness (QED) is 0.397. The number of nitrogens with zero attached hydrogens (tertiary/aromatic N) is 2. The summed E-state index contributed by atoms with van der Waals surface area (Å²) in [6.45, 7) is 4.61. The number of halogens is 2. The fourth-order valence-electron chi connectivity index (χ4n) is 4.39. The van der Waals surface area contributed by atoms with Gasteiger partial charge in [-0.15, -0.1) is 0 Å². The summed E-state index contributed by atoms with van der Waals surface area (Å²) in [5, 5.41) is 18.8. The highest BCUT2D eigenvalue weighted by molar-refractivity contribution is 5.68. The number of benzene rings is 2. The molecular weight excluding hydrogens is 438 g/mol. The van der Waals surface area contributed by atoms with E-state index in [1.165, 1.54) is 11.1 Å². The Hall–Kier alpha value is -2.85. The lowest BCUT2D eigenvalue weighted by Crippen LogP contribution is -2.23. The molecule has 2 aromatic carbocycles. The minimum absolute atomic E-state index is 0.153. The zero-order chi connectivity index (χ0) is 24.6. The van der Waals surface area contributed by atoms with E-state index in [4.69, 9.17) is 14.6 Å². The topological polar surface area (TPSA) is 65.7 Å². The molecule has 0 saturated carbocycles. The van der Waals surface area contributed by atoms with Crippen molar-refractivity contribution >= 4 is 5.69 Å². The van der Waals surface area contributed by atoms with Crippen molar-refractivity contribution < 1.29 is 23.4 Å². The monoisotopic (exact) mass is 472 g/mol. The van der Waals surface area contributed by atoms with Crippen LogP contribution in [0.15, 0.2) is 36.4 Å². The lowest BCUT2D eigenvalue weighted by atomic mass is 9.93. The fourth-order valence-corrected chi connectivity index (χ4v) is 4.39. The smallest absolute Gasteiger partial charge is 0.278 e. The van der Waals surface area contributed by atoms with Crippen LogP contribution in [0.1, 0.15) is 49.8 Å². The molecule has 1 aliphatic heterocycles. The molecule has 0 aromatic heterocycles. The Balaban J connectivity index is 1.50. The molecule has 5 nitrogen and oxygen atoms in total. The van der Waals surface area contributed by atoms with Crippen molar-refractivity contribution in [1.29, 1.82) is 5.26 Å². The third-order valence-corrected chi connectivity index (χ3v) is 5.94. The molecule has 0 saturated heterocycles. The molecule has 0 bridgehead atoms. The van der Waals surface area contributed by atoms with Gasteiger partial charge < -0.3 is 19.5 Å². The summed E-state index contributed by atoms with van der Waals surface area (Å²) < 4.78 is 37.3. The number of para-hydroxylation sites is 2. The zero-order valence-corrected chi connectivity index (χ0v) is 20.0. The van der Waals surface area contributed by atoms with Crippen molar-refractivity contribution in [2.24, 2.45) is 5.92 Å². The van der Waals surface area contributed by atoms with Gasteiger partial charge in [0.1, 0.15) is 6.07 Å². The van der Waals surface area contributed by atoms with Crippen molar-refractivity contribution in [3.63, 3.8) is 0 Å². The fraction of sp³-hybridized carbons (Fsp3) is 0.519. The lowest BCUT2D eigenvalue weighted by molar-refractivity contribution is -0.0236. The van der Waals surface area contributed by atoms with Gasteiger partial charge in [-0.25, -0.2) is 8.78 Å². The first-order valence-electron chi connectivity index (χ1n) is 11.9. The molecule has 0 fully saturated rings. The van der Waals surface area contributed by atoms with E-state index < -0.39 is 12.5 Å². The minimum atomic E-state index is -2.90. The van der Waals surface area contributed by atoms with Crippen LogP contribution in [-0.2, 0) is 12.8 Å². The van der Waals surface area contributed by atoms with Crippen LogP contribution < -0.4 is 14.4 Å². The number of hydrogen-bond acceptors (Lipinski definition) is 5. The van der Waals surface area contributed by atoms with Crippen LogP contribution in [0.5, 0.6) is 11.5 Å². The number of rotatable bonds is 13. The van der Waals surface area contributed by atoms with Crippen LogP contribution in [0.25, 0.3) is 0 Å². The second kappa shape index (κ2) is 12.0. The Morgan fingerprint density at radius 2 is 1.91 bits per heavy atom. The summed E-state index contributed by atoms with van der Waals surface area (Å²) in [6, 6.07) is 13.5. The molecule has 0 radical (unpaired) electrons. The van der Waals surface area contributed by atoms with E-state index >= 15 is 0 Å². The normalized spacial score (nSPS) is 13.9. The summed E-state index contributed by atoms with van der Waals surface area (Å²) in [6.07, 6.45) is 4.27. The summed E-state index contributed by atoms with van der Waals surface area (Å²) in [5.74, 6) is -1.69. The highest BCUT2D eigenvalue weighted by Gasteiger charge is 2.24. The van der Waals surface area contributed by atoms with E-state index in [0.717, 1.165) is 51.4 Å². The number of nitriles is 1. The molecular formula is C27H34F2N2O3. The van der Waals surface area contributed by atoms with Gasteiger partial charge in [-0.3, -0.25) is 0 Å². The highest BCUT2D eigenvalue weighted by atomic mass is 19.3. The molecule has 0 unspecified atom stereocenters. The molecule has 34 heavy (non-hydrogen) atoms. The molecule has 1 heterocycles. The number of anilines is 1. The minimum Gasteiger partial charge on any atom is -0.490 e. The molecule has 1 atom stereocenters. The third-order valence-electron chi connectivity index (χ3n) is 5.94. The molecule has 1 N–H and O–H groups in total. The van der Waals surface area contributed by atoms with Gasteiger partial charge in [0.05, 0.1) is 17.9 Å². The summed E-state index contributed by atoms with van der Waals surface area (Å²) in [4.78, 5) is 2.21. The van der Waals surface area contributed by atoms with Crippen LogP contribution >= 0.6 is 0 Å². The summed E-state index contributed by atoms with van der Waals surface area (Å²) >= 11 is 0. The van der Waals surface area contributed by atoms with E-state index in [9.17, 15) is 14.0 Å². The number of hydrogen-bond donors (Lipinski definition) is 1. The highest BCUT2D eigenvalue weighted by Crippen LogP contribution is 2.34. The van der Waals surface area contributed by atoms with E-state index in [1.807, 2.05) is 6.07 Å². The standard InChI is InChI=1S/C27H34F2N2O3/c1-20(7-5-14-33-24-8-3-4-9-25(24)34-19-27(2,28)29)15-21-16-22-10-12-31(11-6-13-32)26(22)23(17-21)18-30/h3-4,8-9,16-17,20,32H,5-7,10-15,19H2,1-2H3/t20-/m0/s1. The van der Waals surface area contributed by atoms with Gasteiger partial charge in [-0.1, -0.05) is 25.1 Å². The van der Waals surface area contributed by atoms with Gasteiger partial charge in [0.2, 0.25) is 0 Å². The number of aliphatic hydroxyl groups excluding tert-OH is 1. The third kappa shape index (κ3) is 7.33. The molecule has 3 rings (SSSR count). The van der Waals surface area contributed by atoms with Crippen LogP contribution in [0.2, 0.25) is 0 Å². The molecule has 1 aliphatic rings. The first kappa shape index (κ1) is 25.8. The Labute approximate surface area is 200 Å². The van der Waals surface area contributed by atoms with Crippen molar-refractivity contribution in [1.82, 2.24) is 0 Å². The second-order valence-electron chi connectivity index (χ2n) is 9.18. The van der Waals surface area contributed by atoms with Crippen molar-refractivity contribution in [2.45, 2.75) is 51.9 Å². The van der Waals surface area contributed by atoms with E-state index in [-0.39, 0.29) is 6.61 Å². The molecule has 0 spiro atoms.